The van der Waals surface area contributed by atoms with Gasteiger partial charge in [-0.15, -0.1) is 11.8 Å². The Morgan fingerprint density at radius 3 is 1.44 bits per heavy atom. The molecule has 0 N–H and O–H groups in total. The van der Waals surface area contributed by atoms with Crippen molar-refractivity contribution < 1.29 is 34.6 Å². The molecule has 11 heteroatoms. The lowest BCUT2D eigenvalue weighted by Gasteiger charge is -2.47. The van der Waals surface area contributed by atoms with Gasteiger partial charge in [-0.05, 0) is 40.2 Å². The van der Waals surface area contributed by atoms with E-state index in [9.17, 15) is 21.6 Å². The SMILES string of the molecule is C=C(OS(=O)(=O)C(F)(F)F)[C@H](C[C@@H](CC#CC)O[Si](C(C)C)(C(C)C)C(C)C)O[Si](C(C)C)(C(C)C)C(C)C. The highest BCUT2D eigenvalue weighted by Crippen LogP contribution is 2.46. The molecule has 0 spiro atoms. The Labute approximate surface area is 239 Å². The minimum atomic E-state index is -5.91. The third kappa shape index (κ3) is 9.09. The smallest absolute Gasteiger partial charge is 0.412 e. The molecule has 0 amide bonds. The maximum absolute atomic E-state index is 13.3. The van der Waals surface area contributed by atoms with E-state index in [1.165, 1.54) is 0 Å². The molecule has 0 saturated carbocycles. The molecule has 0 aromatic rings. The van der Waals surface area contributed by atoms with E-state index in [1.54, 1.807) is 6.92 Å². The van der Waals surface area contributed by atoms with Gasteiger partial charge < -0.3 is 13.0 Å². The quantitative estimate of drug-likeness (QED) is 0.0570. The molecule has 0 rings (SSSR count). The molecule has 0 bridgehead atoms. The second-order valence-corrected chi connectivity index (χ2v) is 24.6. The van der Waals surface area contributed by atoms with Crippen molar-refractivity contribution in [2.75, 3.05) is 0 Å². The van der Waals surface area contributed by atoms with Crippen LogP contribution in [0.15, 0.2) is 12.3 Å². The Morgan fingerprint density at radius 2 is 1.13 bits per heavy atom. The van der Waals surface area contributed by atoms with Gasteiger partial charge >= 0.3 is 15.6 Å². The number of rotatable bonds is 16. The highest BCUT2D eigenvalue weighted by atomic mass is 32.2. The zero-order chi connectivity index (χ0) is 31.1. The Morgan fingerprint density at radius 1 is 0.769 bits per heavy atom. The van der Waals surface area contributed by atoms with Crippen LogP contribution in [0.3, 0.4) is 0 Å². The second kappa shape index (κ2) is 14.9. The van der Waals surface area contributed by atoms with Gasteiger partial charge in [0.1, 0.15) is 11.9 Å². The van der Waals surface area contributed by atoms with E-state index in [-0.39, 0.29) is 39.7 Å². The number of hydrogen-bond donors (Lipinski definition) is 0. The zero-order valence-corrected chi connectivity index (χ0v) is 29.1. The van der Waals surface area contributed by atoms with Gasteiger partial charge in [0.25, 0.3) is 0 Å². The van der Waals surface area contributed by atoms with Crippen LogP contribution < -0.4 is 0 Å². The molecule has 0 saturated heterocycles. The summed E-state index contributed by atoms with van der Waals surface area (Å²) in [6.07, 6.45) is -1.21. The van der Waals surface area contributed by atoms with Gasteiger partial charge in [0.15, 0.2) is 0 Å². The third-order valence-electron chi connectivity index (χ3n) is 7.97. The monoisotopic (exact) mass is 614 g/mol. The topological polar surface area (TPSA) is 61.8 Å². The molecule has 0 fully saturated rings. The summed E-state index contributed by atoms with van der Waals surface area (Å²) in [6, 6.07) is 0. The largest absolute Gasteiger partial charge is 0.534 e. The fourth-order valence-electron chi connectivity index (χ4n) is 6.47. The van der Waals surface area contributed by atoms with Crippen molar-refractivity contribution in [3.8, 4) is 11.8 Å². The Hall–Kier alpha value is -0.806. The average Bonchev–Trinajstić information content (AvgIpc) is 2.75. The molecule has 0 aromatic carbocycles. The highest BCUT2D eigenvalue weighted by molar-refractivity contribution is 7.87. The van der Waals surface area contributed by atoms with Gasteiger partial charge in [0, 0.05) is 12.8 Å². The summed E-state index contributed by atoms with van der Waals surface area (Å²) < 4.78 is 82.2. The standard InChI is InChI=1S/C28H53F3O5SSi2/c1-15-16-17-26(35-38(19(2)3,20(4)5)21(6)7)18-27(25(14)34-37(32,33)28(29,30)31)36-39(22(8)9,23(10)11)24(12)13/h19-24,26-27H,14,17-18H2,1-13H3/t26-,27+/m1/s1. The van der Waals surface area contributed by atoms with Gasteiger partial charge in [-0.2, -0.15) is 21.6 Å². The molecule has 0 aliphatic heterocycles. The second-order valence-electron chi connectivity index (χ2n) is 12.3. The third-order valence-corrected chi connectivity index (χ3v) is 21.2. The van der Waals surface area contributed by atoms with Gasteiger partial charge in [0.2, 0.25) is 16.6 Å². The van der Waals surface area contributed by atoms with Gasteiger partial charge in [-0.1, -0.05) is 89.7 Å². The predicted octanol–water partition coefficient (Wildman–Crippen LogP) is 9.29. The predicted molar refractivity (Wildman–Crippen MR) is 160 cm³/mol. The zero-order valence-electron chi connectivity index (χ0n) is 26.3. The average molecular weight is 615 g/mol. The van der Waals surface area contributed by atoms with Crippen molar-refractivity contribution in [2.45, 2.75) is 154 Å². The van der Waals surface area contributed by atoms with Crippen molar-refractivity contribution in [3.63, 3.8) is 0 Å². The fraction of sp³-hybridized carbons (Fsp3) is 0.857. The van der Waals surface area contributed by atoms with Crippen LogP contribution in [-0.4, -0.2) is 42.8 Å². The molecular weight excluding hydrogens is 562 g/mol. The fourth-order valence-corrected chi connectivity index (χ4v) is 18.1. The van der Waals surface area contributed by atoms with E-state index < -0.39 is 50.2 Å². The minimum absolute atomic E-state index is 0.0860. The van der Waals surface area contributed by atoms with Crippen molar-refractivity contribution >= 4 is 26.8 Å². The van der Waals surface area contributed by atoms with Crippen molar-refractivity contribution in [2.24, 2.45) is 0 Å². The summed E-state index contributed by atoms with van der Waals surface area (Å²) in [5.41, 5.74) is -4.52. The van der Waals surface area contributed by atoms with E-state index in [0.717, 1.165) is 0 Å². The molecule has 39 heavy (non-hydrogen) atoms. The normalized spacial score (nSPS) is 15.3. The first kappa shape index (κ1) is 38.2. The minimum Gasteiger partial charge on any atom is -0.412 e. The summed E-state index contributed by atoms with van der Waals surface area (Å²) in [6.45, 7) is 30.5. The van der Waals surface area contributed by atoms with Crippen molar-refractivity contribution in [1.29, 1.82) is 0 Å². The maximum atomic E-state index is 13.3. The summed E-state index contributed by atoms with van der Waals surface area (Å²) in [7, 11) is -11.0. The summed E-state index contributed by atoms with van der Waals surface area (Å²) >= 11 is 0. The van der Waals surface area contributed by atoms with Crippen molar-refractivity contribution in [1.82, 2.24) is 0 Å². The molecule has 0 heterocycles. The van der Waals surface area contributed by atoms with E-state index in [2.05, 4.69) is 64.1 Å². The lowest BCUT2D eigenvalue weighted by Crippen LogP contribution is -2.53. The maximum Gasteiger partial charge on any atom is 0.534 e. The molecular formula is C28H53F3O5SSi2. The highest BCUT2D eigenvalue weighted by Gasteiger charge is 2.52. The van der Waals surface area contributed by atoms with Crippen LogP contribution in [-0.2, 0) is 23.2 Å². The van der Waals surface area contributed by atoms with Crippen LogP contribution in [0.2, 0.25) is 33.2 Å². The first-order chi connectivity index (χ1) is 17.5. The van der Waals surface area contributed by atoms with Crippen LogP contribution in [0.1, 0.15) is 103 Å². The Balaban J connectivity index is 6.93. The molecule has 5 nitrogen and oxygen atoms in total. The first-order valence-electron chi connectivity index (χ1n) is 14.0. The Bertz CT molecular complexity index is 905. The summed E-state index contributed by atoms with van der Waals surface area (Å²) in [4.78, 5) is 0. The van der Waals surface area contributed by atoms with E-state index in [0.29, 0.717) is 6.42 Å². The van der Waals surface area contributed by atoms with E-state index in [1.807, 2.05) is 41.5 Å². The van der Waals surface area contributed by atoms with Crippen LogP contribution in [0.25, 0.3) is 0 Å². The lowest BCUT2D eigenvalue weighted by molar-refractivity contribution is -0.0534. The lowest BCUT2D eigenvalue weighted by atomic mass is 10.1. The molecule has 0 unspecified atom stereocenters. The van der Waals surface area contributed by atoms with E-state index in [4.69, 9.17) is 8.85 Å². The summed E-state index contributed by atoms with van der Waals surface area (Å²) in [5, 5.41) is 0. The van der Waals surface area contributed by atoms with Gasteiger partial charge in [-0.25, -0.2) is 0 Å². The first-order valence-corrected chi connectivity index (χ1v) is 19.7. The van der Waals surface area contributed by atoms with Crippen LogP contribution >= 0.6 is 0 Å². The molecule has 0 aliphatic carbocycles. The van der Waals surface area contributed by atoms with E-state index >= 15 is 0 Å². The molecule has 0 aliphatic rings. The van der Waals surface area contributed by atoms with Crippen LogP contribution in [0.4, 0.5) is 13.2 Å². The summed E-state index contributed by atoms with van der Waals surface area (Å²) in [5.74, 6) is 5.39. The number of halogens is 3. The number of alkyl halides is 3. The molecule has 0 radical (unpaired) electrons. The molecule has 0 aromatic heterocycles. The van der Waals surface area contributed by atoms with Gasteiger partial charge in [0.05, 0.1) is 6.10 Å². The van der Waals surface area contributed by atoms with Crippen LogP contribution in [0.5, 0.6) is 0 Å². The molecule has 230 valence electrons. The van der Waals surface area contributed by atoms with Crippen molar-refractivity contribution in [3.05, 3.63) is 12.3 Å². The van der Waals surface area contributed by atoms with Gasteiger partial charge in [-0.3, -0.25) is 0 Å². The Kier molecular flexibility index (Phi) is 14.6. The van der Waals surface area contributed by atoms with Crippen LogP contribution in [0, 0.1) is 11.8 Å². The number of hydrogen-bond acceptors (Lipinski definition) is 5. The molecule has 2 atom stereocenters.